The molecule has 0 N–H and O–H groups in total. The third kappa shape index (κ3) is 4.30. The second-order valence-electron chi connectivity index (χ2n) is 6.95. The van der Waals surface area contributed by atoms with E-state index in [0.29, 0.717) is 13.3 Å². The van der Waals surface area contributed by atoms with Gasteiger partial charge in [-0.15, -0.1) is 0 Å². The number of aromatic nitrogens is 3. The van der Waals surface area contributed by atoms with Crippen LogP contribution in [0.5, 0.6) is 0 Å². The Bertz CT molecular complexity index is 850. The number of esters is 1. The fourth-order valence-electron chi connectivity index (χ4n) is 3.60. The van der Waals surface area contributed by atoms with Crippen molar-refractivity contribution in [2.75, 3.05) is 19.7 Å². The summed E-state index contributed by atoms with van der Waals surface area (Å²) in [5.74, 6) is 0.873. The summed E-state index contributed by atoms with van der Waals surface area (Å²) in [5, 5.41) is 4.83. The molecule has 2 heterocycles. The summed E-state index contributed by atoms with van der Waals surface area (Å²) >= 11 is 5.69. The SMILES string of the molecule is CCOC(=O)C1CCN(Cn2nc(-c3ccccc3C)n(CC)c2=S)CC1. The van der Waals surface area contributed by atoms with E-state index in [2.05, 4.69) is 35.4 Å². The van der Waals surface area contributed by atoms with E-state index < -0.39 is 0 Å². The lowest BCUT2D eigenvalue weighted by Gasteiger charge is -2.30. The van der Waals surface area contributed by atoms with Crippen LogP contribution in [0.2, 0.25) is 0 Å². The van der Waals surface area contributed by atoms with Gasteiger partial charge >= 0.3 is 5.97 Å². The van der Waals surface area contributed by atoms with Gasteiger partial charge in [0, 0.05) is 25.2 Å². The van der Waals surface area contributed by atoms with Crippen LogP contribution in [0, 0.1) is 17.6 Å². The van der Waals surface area contributed by atoms with Crippen molar-refractivity contribution in [3.05, 3.63) is 34.6 Å². The normalized spacial score (nSPS) is 15.8. The summed E-state index contributed by atoms with van der Waals surface area (Å²) in [4.78, 5) is 14.2. The molecule has 1 aromatic heterocycles. The maximum absolute atomic E-state index is 11.9. The molecule has 0 unspecified atom stereocenters. The molecule has 0 saturated carbocycles. The van der Waals surface area contributed by atoms with E-state index >= 15 is 0 Å². The summed E-state index contributed by atoms with van der Waals surface area (Å²) in [7, 11) is 0. The molecule has 0 spiro atoms. The Hall–Kier alpha value is -1.99. The molecule has 0 amide bonds. The molecule has 0 aliphatic carbocycles. The van der Waals surface area contributed by atoms with Crippen LogP contribution in [0.4, 0.5) is 0 Å². The largest absolute Gasteiger partial charge is 0.466 e. The zero-order valence-corrected chi connectivity index (χ0v) is 17.2. The summed E-state index contributed by atoms with van der Waals surface area (Å²) in [5.41, 5.74) is 2.31. The third-order valence-electron chi connectivity index (χ3n) is 5.17. The Kier molecular flexibility index (Phi) is 6.44. The minimum atomic E-state index is -0.0640. The minimum Gasteiger partial charge on any atom is -0.466 e. The van der Waals surface area contributed by atoms with E-state index in [-0.39, 0.29) is 11.9 Å². The Morgan fingerprint density at radius 1 is 1.26 bits per heavy atom. The third-order valence-corrected chi connectivity index (χ3v) is 5.60. The van der Waals surface area contributed by atoms with Gasteiger partial charge in [-0.05, 0) is 51.4 Å². The van der Waals surface area contributed by atoms with Crippen LogP contribution in [0.25, 0.3) is 11.4 Å². The molecule has 1 fully saturated rings. The van der Waals surface area contributed by atoms with Crippen LogP contribution in [-0.4, -0.2) is 44.9 Å². The topological polar surface area (TPSA) is 52.3 Å². The molecule has 1 aliphatic heterocycles. The van der Waals surface area contributed by atoms with Crippen LogP contribution in [-0.2, 0) is 22.7 Å². The van der Waals surface area contributed by atoms with Crippen LogP contribution in [0.1, 0.15) is 32.3 Å². The Labute approximate surface area is 165 Å². The van der Waals surface area contributed by atoms with E-state index in [1.54, 1.807) is 0 Å². The number of hydrogen-bond acceptors (Lipinski definition) is 5. The monoisotopic (exact) mass is 388 g/mol. The number of hydrogen-bond donors (Lipinski definition) is 0. The average molecular weight is 389 g/mol. The molecule has 2 aromatic rings. The van der Waals surface area contributed by atoms with Gasteiger partial charge < -0.3 is 9.30 Å². The Morgan fingerprint density at radius 3 is 2.59 bits per heavy atom. The number of carbonyl (C=O) groups is 1. The first-order valence-electron chi connectivity index (χ1n) is 9.67. The smallest absolute Gasteiger partial charge is 0.309 e. The zero-order chi connectivity index (χ0) is 19.4. The first-order valence-corrected chi connectivity index (χ1v) is 10.1. The quantitative estimate of drug-likeness (QED) is 0.559. The number of piperidine rings is 1. The predicted molar refractivity (Wildman–Crippen MR) is 108 cm³/mol. The molecule has 1 saturated heterocycles. The van der Waals surface area contributed by atoms with Crippen molar-refractivity contribution in [2.45, 2.75) is 46.8 Å². The summed E-state index contributed by atoms with van der Waals surface area (Å²) in [6.07, 6.45) is 1.65. The van der Waals surface area contributed by atoms with Gasteiger partial charge in [0.25, 0.3) is 0 Å². The molecule has 1 aliphatic rings. The van der Waals surface area contributed by atoms with Gasteiger partial charge in [-0.3, -0.25) is 9.69 Å². The van der Waals surface area contributed by atoms with Gasteiger partial charge in [0.2, 0.25) is 0 Å². The standard InChI is InChI=1S/C20H28N4O2S/c1-4-23-18(17-9-7-6-8-15(17)3)21-24(20(23)27)14-22-12-10-16(11-13-22)19(25)26-5-2/h6-9,16H,4-5,10-14H2,1-3H3. The number of aryl methyl sites for hydroxylation is 1. The minimum absolute atomic E-state index is 0.0184. The fraction of sp³-hybridized carbons (Fsp3) is 0.550. The van der Waals surface area contributed by atoms with Crippen molar-refractivity contribution in [2.24, 2.45) is 5.92 Å². The van der Waals surface area contributed by atoms with Crippen LogP contribution >= 0.6 is 12.2 Å². The molecule has 6 nitrogen and oxygen atoms in total. The van der Waals surface area contributed by atoms with Crippen molar-refractivity contribution in [3.8, 4) is 11.4 Å². The number of ether oxygens (including phenoxy) is 1. The molecule has 146 valence electrons. The first-order chi connectivity index (χ1) is 13.0. The van der Waals surface area contributed by atoms with Crippen LogP contribution < -0.4 is 0 Å². The second-order valence-corrected chi connectivity index (χ2v) is 7.32. The highest BCUT2D eigenvalue weighted by Crippen LogP contribution is 2.23. The molecule has 7 heteroatoms. The molecular weight excluding hydrogens is 360 g/mol. The molecule has 0 bridgehead atoms. The van der Waals surface area contributed by atoms with E-state index in [0.717, 1.165) is 48.6 Å². The Balaban J connectivity index is 1.75. The molecule has 0 atom stereocenters. The van der Waals surface area contributed by atoms with E-state index in [1.165, 1.54) is 5.56 Å². The average Bonchev–Trinajstić information content (AvgIpc) is 2.98. The van der Waals surface area contributed by atoms with Gasteiger partial charge in [-0.2, -0.15) is 5.10 Å². The second kappa shape index (κ2) is 8.80. The number of rotatable bonds is 6. The lowest BCUT2D eigenvalue weighted by molar-refractivity contribution is -0.149. The lowest BCUT2D eigenvalue weighted by atomic mass is 9.97. The maximum atomic E-state index is 11.9. The summed E-state index contributed by atoms with van der Waals surface area (Å²) in [6, 6.07) is 8.25. The van der Waals surface area contributed by atoms with E-state index in [1.807, 2.05) is 23.7 Å². The lowest BCUT2D eigenvalue weighted by Crippen LogP contribution is -2.38. The van der Waals surface area contributed by atoms with Crippen LogP contribution in [0.15, 0.2) is 24.3 Å². The summed E-state index contributed by atoms with van der Waals surface area (Å²) < 4.78 is 9.89. The Morgan fingerprint density at radius 2 is 1.96 bits per heavy atom. The van der Waals surface area contributed by atoms with Crippen molar-refractivity contribution in [1.29, 1.82) is 0 Å². The van der Waals surface area contributed by atoms with Crippen molar-refractivity contribution in [1.82, 2.24) is 19.2 Å². The molecule has 3 rings (SSSR count). The number of benzene rings is 1. The molecule has 1 aromatic carbocycles. The fourth-order valence-corrected chi connectivity index (χ4v) is 3.91. The van der Waals surface area contributed by atoms with Gasteiger partial charge in [-0.1, -0.05) is 24.3 Å². The molecular formula is C20H28N4O2S. The van der Waals surface area contributed by atoms with Crippen molar-refractivity contribution < 1.29 is 9.53 Å². The number of carbonyl (C=O) groups excluding carboxylic acids is 1. The van der Waals surface area contributed by atoms with Gasteiger partial charge in [0.05, 0.1) is 19.2 Å². The van der Waals surface area contributed by atoms with E-state index in [4.69, 9.17) is 22.1 Å². The van der Waals surface area contributed by atoms with Crippen LogP contribution in [0.3, 0.4) is 0 Å². The van der Waals surface area contributed by atoms with E-state index in [9.17, 15) is 4.79 Å². The van der Waals surface area contributed by atoms with Crippen molar-refractivity contribution in [3.63, 3.8) is 0 Å². The number of likely N-dealkylation sites (tertiary alicyclic amines) is 1. The van der Waals surface area contributed by atoms with Gasteiger partial charge in [-0.25, -0.2) is 4.68 Å². The van der Waals surface area contributed by atoms with Gasteiger partial charge in [0.15, 0.2) is 10.6 Å². The van der Waals surface area contributed by atoms with Crippen molar-refractivity contribution >= 4 is 18.2 Å². The van der Waals surface area contributed by atoms with Gasteiger partial charge in [0.1, 0.15) is 0 Å². The number of nitrogens with zero attached hydrogens (tertiary/aromatic N) is 4. The highest BCUT2D eigenvalue weighted by Gasteiger charge is 2.26. The predicted octanol–water partition coefficient (Wildman–Crippen LogP) is 3.64. The zero-order valence-electron chi connectivity index (χ0n) is 16.4. The highest BCUT2D eigenvalue weighted by atomic mass is 32.1. The first kappa shape index (κ1) is 19.8. The molecule has 27 heavy (non-hydrogen) atoms. The maximum Gasteiger partial charge on any atom is 0.309 e. The highest BCUT2D eigenvalue weighted by molar-refractivity contribution is 7.71. The summed E-state index contributed by atoms with van der Waals surface area (Å²) in [6.45, 7) is 9.63. The molecule has 0 radical (unpaired) electrons.